The molecule has 1 N–H and O–H groups in total. The lowest BCUT2D eigenvalue weighted by molar-refractivity contribution is 1.16. The van der Waals surface area contributed by atoms with E-state index in [9.17, 15) is 0 Å². The van der Waals surface area contributed by atoms with Crippen LogP contribution in [0.25, 0.3) is 0 Å². The molecular formula is C13H14ClNS. The van der Waals surface area contributed by atoms with Gasteiger partial charge in [0.2, 0.25) is 0 Å². The fourth-order valence-electron chi connectivity index (χ4n) is 1.72. The second-order valence-corrected chi connectivity index (χ2v) is 5.63. The van der Waals surface area contributed by atoms with Crippen molar-refractivity contribution in [3.8, 4) is 0 Å². The molecule has 0 bridgehead atoms. The van der Waals surface area contributed by atoms with Crippen molar-refractivity contribution in [2.24, 2.45) is 0 Å². The first-order chi connectivity index (χ1) is 7.66. The number of hydrogen-bond donors (Lipinski definition) is 1. The lowest BCUT2D eigenvalue weighted by atomic mass is 10.1. The molecular weight excluding hydrogens is 238 g/mol. The van der Waals surface area contributed by atoms with E-state index in [1.54, 1.807) is 11.3 Å². The predicted octanol–water partition coefficient (Wildman–Crippen LogP) is 4.63. The third-order valence-corrected chi connectivity index (χ3v) is 3.78. The third kappa shape index (κ3) is 2.57. The number of aryl methyl sites for hydroxylation is 2. The number of anilines is 1. The van der Waals surface area contributed by atoms with E-state index >= 15 is 0 Å². The first kappa shape index (κ1) is 11.5. The Hall–Kier alpha value is -0.990. The summed E-state index contributed by atoms with van der Waals surface area (Å²) in [5.74, 6) is 0. The minimum atomic E-state index is 0.836. The maximum Gasteiger partial charge on any atom is 0.0931 e. The highest BCUT2D eigenvalue weighted by atomic mass is 35.5. The van der Waals surface area contributed by atoms with E-state index in [1.807, 2.05) is 6.07 Å². The lowest BCUT2D eigenvalue weighted by Crippen LogP contribution is -2.01. The average molecular weight is 252 g/mol. The van der Waals surface area contributed by atoms with Gasteiger partial charge in [-0.25, -0.2) is 0 Å². The summed E-state index contributed by atoms with van der Waals surface area (Å²) in [6, 6.07) is 10.3. The lowest BCUT2D eigenvalue weighted by Gasteiger charge is -2.11. The van der Waals surface area contributed by atoms with E-state index in [4.69, 9.17) is 11.6 Å². The van der Waals surface area contributed by atoms with Crippen LogP contribution < -0.4 is 5.32 Å². The van der Waals surface area contributed by atoms with Gasteiger partial charge in [-0.1, -0.05) is 29.8 Å². The fourth-order valence-corrected chi connectivity index (χ4v) is 2.74. The van der Waals surface area contributed by atoms with Crippen molar-refractivity contribution in [2.75, 3.05) is 5.32 Å². The average Bonchev–Trinajstić information content (AvgIpc) is 2.63. The molecule has 0 amide bonds. The minimum absolute atomic E-state index is 0.836. The molecule has 0 aliphatic rings. The molecule has 3 heteroatoms. The van der Waals surface area contributed by atoms with E-state index in [2.05, 4.69) is 43.4 Å². The van der Waals surface area contributed by atoms with Crippen LogP contribution in [-0.4, -0.2) is 0 Å². The van der Waals surface area contributed by atoms with Gasteiger partial charge in [0.05, 0.1) is 4.34 Å². The van der Waals surface area contributed by atoms with Gasteiger partial charge in [0.15, 0.2) is 0 Å². The highest BCUT2D eigenvalue weighted by molar-refractivity contribution is 7.16. The minimum Gasteiger partial charge on any atom is -0.380 e. The largest absolute Gasteiger partial charge is 0.380 e. The van der Waals surface area contributed by atoms with Crippen LogP contribution in [0, 0.1) is 13.8 Å². The SMILES string of the molecule is Cc1cccc(C)c1NCc1ccc(Cl)s1. The van der Waals surface area contributed by atoms with E-state index in [0.29, 0.717) is 0 Å². The second kappa shape index (κ2) is 4.89. The molecule has 1 nitrogen and oxygen atoms in total. The number of thiophene rings is 1. The third-order valence-electron chi connectivity index (χ3n) is 2.55. The number of nitrogens with one attached hydrogen (secondary N) is 1. The van der Waals surface area contributed by atoms with Crippen LogP contribution in [0.4, 0.5) is 5.69 Å². The van der Waals surface area contributed by atoms with Gasteiger partial charge in [0.25, 0.3) is 0 Å². The van der Waals surface area contributed by atoms with Gasteiger partial charge >= 0.3 is 0 Å². The molecule has 84 valence electrons. The van der Waals surface area contributed by atoms with Crippen LogP contribution in [0.2, 0.25) is 4.34 Å². The topological polar surface area (TPSA) is 12.0 Å². The summed E-state index contributed by atoms with van der Waals surface area (Å²) in [5, 5.41) is 3.46. The van der Waals surface area contributed by atoms with Gasteiger partial charge in [0.1, 0.15) is 0 Å². The van der Waals surface area contributed by atoms with Crippen molar-refractivity contribution in [1.82, 2.24) is 0 Å². The number of para-hydroxylation sites is 1. The van der Waals surface area contributed by atoms with Crippen LogP contribution >= 0.6 is 22.9 Å². The molecule has 0 saturated carbocycles. The van der Waals surface area contributed by atoms with Gasteiger partial charge in [-0.05, 0) is 37.1 Å². The molecule has 0 saturated heterocycles. The van der Waals surface area contributed by atoms with Gasteiger partial charge in [-0.3, -0.25) is 0 Å². The molecule has 0 aliphatic heterocycles. The molecule has 2 rings (SSSR count). The maximum absolute atomic E-state index is 5.90. The molecule has 0 aliphatic carbocycles. The molecule has 1 heterocycles. The smallest absolute Gasteiger partial charge is 0.0931 e. The Labute approximate surface area is 105 Å². The second-order valence-electron chi connectivity index (χ2n) is 3.83. The van der Waals surface area contributed by atoms with E-state index in [1.165, 1.54) is 21.7 Å². The summed E-state index contributed by atoms with van der Waals surface area (Å²) in [4.78, 5) is 1.26. The summed E-state index contributed by atoms with van der Waals surface area (Å²) >= 11 is 7.52. The van der Waals surface area contributed by atoms with Crippen LogP contribution in [0.1, 0.15) is 16.0 Å². The number of benzene rings is 1. The van der Waals surface area contributed by atoms with Crippen molar-refractivity contribution < 1.29 is 0 Å². The highest BCUT2D eigenvalue weighted by Crippen LogP contribution is 2.24. The molecule has 0 unspecified atom stereocenters. The molecule has 0 radical (unpaired) electrons. The van der Waals surface area contributed by atoms with Crippen molar-refractivity contribution >= 4 is 28.6 Å². The molecule has 1 aromatic carbocycles. The molecule has 1 aromatic heterocycles. The number of hydrogen-bond acceptors (Lipinski definition) is 2. The normalized spacial score (nSPS) is 10.4. The van der Waals surface area contributed by atoms with Crippen LogP contribution in [0.5, 0.6) is 0 Å². The highest BCUT2D eigenvalue weighted by Gasteiger charge is 2.02. The first-order valence-corrected chi connectivity index (χ1v) is 6.40. The van der Waals surface area contributed by atoms with Crippen LogP contribution in [0.3, 0.4) is 0 Å². The summed E-state index contributed by atoms with van der Waals surface area (Å²) < 4.78 is 0.846. The zero-order chi connectivity index (χ0) is 11.5. The zero-order valence-corrected chi connectivity index (χ0v) is 11.0. The molecule has 0 spiro atoms. The standard InChI is InChI=1S/C13H14ClNS/c1-9-4-3-5-10(2)13(9)15-8-11-6-7-12(14)16-11/h3-7,15H,8H2,1-2H3. The molecule has 2 aromatic rings. The molecule has 16 heavy (non-hydrogen) atoms. The van der Waals surface area contributed by atoms with Crippen molar-refractivity contribution in [2.45, 2.75) is 20.4 Å². The first-order valence-electron chi connectivity index (χ1n) is 5.21. The summed E-state index contributed by atoms with van der Waals surface area (Å²) in [5.41, 5.74) is 3.79. The maximum atomic E-state index is 5.90. The Balaban J connectivity index is 2.10. The predicted molar refractivity (Wildman–Crippen MR) is 72.6 cm³/mol. The van der Waals surface area contributed by atoms with E-state index in [-0.39, 0.29) is 0 Å². The monoisotopic (exact) mass is 251 g/mol. The van der Waals surface area contributed by atoms with Gasteiger partial charge < -0.3 is 5.32 Å². The number of halogens is 1. The Morgan fingerprint density at radius 2 is 1.81 bits per heavy atom. The Morgan fingerprint density at radius 1 is 1.12 bits per heavy atom. The summed E-state index contributed by atoms with van der Waals surface area (Å²) in [6.07, 6.45) is 0. The van der Waals surface area contributed by atoms with Crippen molar-refractivity contribution in [3.63, 3.8) is 0 Å². The quantitative estimate of drug-likeness (QED) is 0.839. The zero-order valence-electron chi connectivity index (χ0n) is 9.38. The van der Waals surface area contributed by atoms with Crippen molar-refractivity contribution in [3.05, 3.63) is 50.7 Å². The Bertz CT molecular complexity index is 470. The van der Waals surface area contributed by atoms with Crippen molar-refractivity contribution in [1.29, 1.82) is 0 Å². The van der Waals surface area contributed by atoms with Gasteiger partial charge in [0, 0.05) is 17.1 Å². The summed E-state index contributed by atoms with van der Waals surface area (Å²) in [7, 11) is 0. The Kier molecular flexibility index (Phi) is 3.52. The van der Waals surface area contributed by atoms with Gasteiger partial charge in [-0.15, -0.1) is 11.3 Å². The van der Waals surface area contributed by atoms with Crippen LogP contribution in [-0.2, 0) is 6.54 Å². The number of rotatable bonds is 3. The molecule has 0 atom stereocenters. The van der Waals surface area contributed by atoms with Gasteiger partial charge in [-0.2, -0.15) is 0 Å². The van der Waals surface area contributed by atoms with E-state index in [0.717, 1.165) is 10.9 Å². The molecule has 0 fully saturated rings. The Morgan fingerprint density at radius 3 is 2.38 bits per heavy atom. The fraction of sp³-hybridized carbons (Fsp3) is 0.231. The van der Waals surface area contributed by atoms with E-state index < -0.39 is 0 Å². The van der Waals surface area contributed by atoms with Crippen LogP contribution in [0.15, 0.2) is 30.3 Å². The summed E-state index contributed by atoms with van der Waals surface area (Å²) in [6.45, 7) is 5.08.